The van der Waals surface area contributed by atoms with Crippen LogP contribution in [0.1, 0.15) is 16.1 Å². The number of hydrogen-bond donors (Lipinski definition) is 2. The average molecular weight is 383 g/mol. The van der Waals surface area contributed by atoms with E-state index >= 15 is 0 Å². The molecule has 2 aromatic carbocycles. The molecule has 0 aliphatic heterocycles. The molecule has 3 aromatic rings. The van der Waals surface area contributed by atoms with Crippen LogP contribution in [0, 0.1) is 11.3 Å². The Kier molecular flexibility index (Phi) is 5.37. The number of aromatic nitrogens is 1. The summed E-state index contributed by atoms with van der Waals surface area (Å²) in [4.78, 5) is 16.5. The fourth-order valence-corrected chi connectivity index (χ4v) is 2.83. The Morgan fingerprint density at radius 2 is 1.73 bits per heavy atom. The molecule has 0 unspecified atom stereocenters. The molecule has 7 heteroatoms. The molecule has 0 bridgehead atoms. The molecule has 0 saturated heterocycles. The quantitative estimate of drug-likeness (QED) is 0.645. The largest absolute Gasteiger partial charge is 0.355 e. The SMILES string of the molecule is N#Cc1ccccc1NC(=O)c1cc(Nc2cc(Cl)cc(Cl)c2)ccn1. The smallest absolute Gasteiger partial charge is 0.274 e. The highest BCUT2D eigenvalue weighted by Crippen LogP contribution is 2.25. The third kappa shape index (κ3) is 4.31. The third-order valence-electron chi connectivity index (χ3n) is 3.44. The highest BCUT2D eigenvalue weighted by atomic mass is 35.5. The molecule has 0 fully saturated rings. The van der Waals surface area contributed by atoms with Crippen molar-refractivity contribution in [1.29, 1.82) is 5.26 Å². The van der Waals surface area contributed by atoms with E-state index in [0.717, 1.165) is 0 Å². The molecule has 1 aromatic heterocycles. The Labute approximate surface area is 160 Å². The molecule has 0 radical (unpaired) electrons. The van der Waals surface area contributed by atoms with Gasteiger partial charge in [-0.05, 0) is 42.5 Å². The van der Waals surface area contributed by atoms with Crippen LogP contribution >= 0.6 is 23.2 Å². The minimum Gasteiger partial charge on any atom is -0.355 e. The number of pyridine rings is 1. The van der Waals surface area contributed by atoms with Crippen molar-refractivity contribution < 1.29 is 4.79 Å². The molecule has 128 valence electrons. The van der Waals surface area contributed by atoms with E-state index in [1.165, 1.54) is 6.20 Å². The minimum absolute atomic E-state index is 0.205. The zero-order valence-corrected chi connectivity index (χ0v) is 14.8. The second-order valence-corrected chi connectivity index (χ2v) is 6.20. The molecule has 0 aliphatic carbocycles. The summed E-state index contributed by atoms with van der Waals surface area (Å²) in [5, 5.41) is 15.9. The summed E-state index contributed by atoms with van der Waals surface area (Å²) in [7, 11) is 0. The predicted octanol–water partition coefficient (Wildman–Crippen LogP) is 5.26. The summed E-state index contributed by atoms with van der Waals surface area (Å²) in [6, 6.07) is 17.2. The van der Waals surface area contributed by atoms with Crippen molar-refractivity contribution in [3.05, 3.63) is 82.1 Å². The Bertz CT molecular complexity index is 994. The van der Waals surface area contributed by atoms with Gasteiger partial charge in [0.1, 0.15) is 11.8 Å². The van der Waals surface area contributed by atoms with Gasteiger partial charge in [0.2, 0.25) is 0 Å². The van der Waals surface area contributed by atoms with Gasteiger partial charge in [-0.3, -0.25) is 9.78 Å². The van der Waals surface area contributed by atoms with Gasteiger partial charge in [0.25, 0.3) is 5.91 Å². The van der Waals surface area contributed by atoms with Gasteiger partial charge in [0.05, 0.1) is 11.3 Å². The number of nitrogens with zero attached hydrogens (tertiary/aromatic N) is 2. The summed E-state index contributed by atoms with van der Waals surface area (Å²) in [6.07, 6.45) is 1.51. The molecule has 1 heterocycles. The lowest BCUT2D eigenvalue weighted by molar-refractivity contribution is 0.102. The van der Waals surface area contributed by atoms with Crippen LogP contribution < -0.4 is 10.6 Å². The number of benzene rings is 2. The van der Waals surface area contributed by atoms with Crippen LogP contribution in [0.3, 0.4) is 0 Å². The molecular weight excluding hydrogens is 371 g/mol. The van der Waals surface area contributed by atoms with E-state index in [4.69, 9.17) is 28.5 Å². The molecule has 5 nitrogen and oxygen atoms in total. The molecule has 1 amide bonds. The Morgan fingerprint density at radius 3 is 2.46 bits per heavy atom. The highest BCUT2D eigenvalue weighted by Gasteiger charge is 2.11. The summed E-state index contributed by atoms with van der Waals surface area (Å²) in [6.45, 7) is 0. The molecule has 2 N–H and O–H groups in total. The number of amides is 1. The lowest BCUT2D eigenvalue weighted by Gasteiger charge is -2.10. The number of nitriles is 1. The summed E-state index contributed by atoms with van der Waals surface area (Å²) >= 11 is 12.0. The normalized spacial score (nSPS) is 10.0. The van der Waals surface area contributed by atoms with Gasteiger partial charge in [-0.1, -0.05) is 35.3 Å². The molecule has 3 rings (SSSR count). The first kappa shape index (κ1) is 17.7. The highest BCUT2D eigenvalue weighted by molar-refractivity contribution is 6.35. The number of nitrogens with one attached hydrogen (secondary N) is 2. The van der Waals surface area contributed by atoms with Crippen LogP contribution in [0.5, 0.6) is 0 Å². The number of rotatable bonds is 4. The van der Waals surface area contributed by atoms with Crippen molar-refractivity contribution in [2.75, 3.05) is 10.6 Å². The molecule has 26 heavy (non-hydrogen) atoms. The number of carbonyl (C=O) groups excluding carboxylic acids is 1. The van der Waals surface area contributed by atoms with Gasteiger partial charge < -0.3 is 10.6 Å². The van der Waals surface area contributed by atoms with Gasteiger partial charge >= 0.3 is 0 Å². The maximum atomic E-state index is 12.4. The first-order chi connectivity index (χ1) is 12.5. The fourth-order valence-electron chi connectivity index (χ4n) is 2.30. The van der Waals surface area contributed by atoms with E-state index in [0.29, 0.717) is 32.7 Å². The van der Waals surface area contributed by atoms with Gasteiger partial charge in [0.15, 0.2) is 0 Å². The number of halogens is 2. The van der Waals surface area contributed by atoms with Crippen LogP contribution in [0.15, 0.2) is 60.8 Å². The average Bonchev–Trinajstić information content (AvgIpc) is 2.61. The number of anilines is 3. The number of hydrogen-bond acceptors (Lipinski definition) is 4. The topological polar surface area (TPSA) is 77.8 Å². The maximum absolute atomic E-state index is 12.4. The van der Waals surface area contributed by atoms with Gasteiger partial charge in [-0.25, -0.2) is 0 Å². The van der Waals surface area contributed by atoms with Crippen LogP contribution in [0.4, 0.5) is 17.1 Å². The lowest BCUT2D eigenvalue weighted by atomic mass is 10.2. The second-order valence-electron chi connectivity index (χ2n) is 5.32. The fraction of sp³-hybridized carbons (Fsp3) is 0. The second kappa shape index (κ2) is 7.87. The molecule has 0 saturated carbocycles. The van der Waals surface area contributed by atoms with Crippen molar-refractivity contribution >= 4 is 46.2 Å². The molecule has 0 atom stereocenters. The third-order valence-corrected chi connectivity index (χ3v) is 3.88. The number of carbonyl (C=O) groups is 1. The first-order valence-corrected chi connectivity index (χ1v) is 8.30. The van der Waals surface area contributed by atoms with Gasteiger partial charge in [-0.2, -0.15) is 5.26 Å². The number of para-hydroxylation sites is 1. The maximum Gasteiger partial charge on any atom is 0.274 e. The van der Waals surface area contributed by atoms with Crippen LogP contribution in [-0.2, 0) is 0 Å². The molecule has 0 aliphatic rings. The first-order valence-electron chi connectivity index (χ1n) is 7.55. The van der Waals surface area contributed by atoms with Crippen molar-refractivity contribution in [3.8, 4) is 6.07 Å². The van der Waals surface area contributed by atoms with E-state index in [-0.39, 0.29) is 5.69 Å². The standard InChI is InChI=1S/C19H12Cl2N4O/c20-13-7-14(21)9-16(8-13)24-15-5-6-23-18(10-15)19(26)25-17-4-2-1-3-12(17)11-22/h1-10H,(H,23,24)(H,25,26). The Hall–Kier alpha value is -3.07. The zero-order chi connectivity index (χ0) is 18.5. The van der Waals surface area contributed by atoms with Crippen molar-refractivity contribution in [2.24, 2.45) is 0 Å². The van der Waals surface area contributed by atoms with Crippen molar-refractivity contribution in [3.63, 3.8) is 0 Å². The van der Waals surface area contributed by atoms with Crippen LogP contribution in [-0.4, -0.2) is 10.9 Å². The van der Waals surface area contributed by atoms with Crippen molar-refractivity contribution in [1.82, 2.24) is 4.98 Å². The van der Waals surface area contributed by atoms with Gasteiger partial charge in [-0.15, -0.1) is 0 Å². The zero-order valence-electron chi connectivity index (χ0n) is 13.3. The summed E-state index contributed by atoms with van der Waals surface area (Å²) < 4.78 is 0. The van der Waals surface area contributed by atoms with Crippen LogP contribution in [0.2, 0.25) is 10.0 Å². The lowest BCUT2D eigenvalue weighted by Crippen LogP contribution is -2.14. The van der Waals surface area contributed by atoms with Gasteiger partial charge in [0, 0.05) is 27.6 Å². The minimum atomic E-state index is -0.416. The van der Waals surface area contributed by atoms with E-state index in [1.54, 1.807) is 54.6 Å². The summed E-state index contributed by atoms with van der Waals surface area (Å²) in [5.74, 6) is -0.416. The van der Waals surface area contributed by atoms with E-state index in [2.05, 4.69) is 15.6 Å². The van der Waals surface area contributed by atoms with Crippen LogP contribution in [0.25, 0.3) is 0 Å². The summed E-state index contributed by atoms with van der Waals surface area (Å²) in [5.41, 5.74) is 2.35. The van der Waals surface area contributed by atoms with E-state index in [1.807, 2.05) is 6.07 Å². The molecular formula is C19H12Cl2N4O. The van der Waals surface area contributed by atoms with E-state index < -0.39 is 5.91 Å². The predicted molar refractivity (Wildman–Crippen MR) is 103 cm³/mol. The Morgan fingerprint density at radius 1 is 1.00 bits per heavy atom. The molecule has 0 spiro atoms. The monoisotopic (exact) mass is 382 g/mol. The van der Waals surface area contributed by atoms with E-state index in [9.17, 15) is 4.79 Å². The van der Waals surface area contributed by atoms with Crippen molar-refractivity contribution in [2.45, 2.75) is 0 Å². The Balaban J connectivity index is 1.80.